The Balaban J connectivity index is 1.65. The fraction of sp³-hybridized carbons (Fsp3) is 0.444. The minimum atomic E-state index is -0.624. The zero-order valence-electron chi connectivity index (χ0n) is 28.5. The Hall–Kier alpha value is -4.18. The van der Waals surface area contributed by atoms with Crippen LogP contribution in [0.15, 0.2) is 41.3 Å². The van der Waals surface area contributed by atoms with Crippen molar-refractivity contribution in [3.8, 4) is 16.9 Å². The second kappa shape index (κ2) is 11.8. The number of aryl methyl sites for hydroxylation is 2. The van der Waals surface area contributed by atoms with Gasteiger partial charge in [0.05, 0.1) is 33.8 Å². The fourth-order valence-electron chi connectivity index (χ4n) is 6.94. The summed E-state index contributed by atoms with van der Waals surface area (Å²) in [5.74, 6) is -0.440. The molecule has 248 valence electrons. The van der Waals surface area contributed by atoms with Crippen LogP contribution in [0.1, 0.15) is 64.3 Å². The van der Waals surface area contributed by atoms with Crippen LogP contribution < -0.4 is 15.4 Å². The molecule has 2 aliphatic rings. The molecule has 0 unspecified atom stereocenters. The highest BCUT2D eigenvalue weighted by molar-refractivity contribution is 6.34. The molecular weight excluding hydrogens is 619 g/mol. The number of anilines is 2. The molecule has 0 bridgehead atoms. The number of aromatic nitrogens is 3. The average molecular weight is 661 g/mol. The number of piperazine rings is 1. The molecule has 5 heterocycles. The van der Waals surface area contributed by atoms with Crippen LogP contribution in [0.4, 0.5) is 20.6 Å². The van der Waals surface area contributed by atoms with Gasteiger partial charge in [-0.1, -0.05) is 37.6 Å². The maximum atomic E-state index is 15.4. The first-order valence-electron chi connectivity index (χ1n) is 16.1. The van der Waals surface area contributed by atoms with E-state index in [1.54, 1.807) is 21.7 Å². The third-order valence-corrected chi connectivity index (χ3v) is 9.35. The molecular formula is C36H42ClFN6O3. The van der Waals surface area contributed by atoms with Crippen molar-refractivity contribution in [3.05, 3.63) is 74.5 Å². The van der Waals surface area contributed by atoms with Crippen LogP contribution in [0.5, 0.6) is 0 Å². The van der Waals surface area contributed by atoms with Crippen molar-refractivity contribution in [2.75, 3.05) is 36.5 Å². The number of ether oxygens (including phenoxy) is 1. The van der Waals surface area contributed by atoms with E-state index < -0.39 is 11.4 Å². The number of hydrogen-bond acceptors (Lipinski definition) is 7. The summed E-state index contributed by atoms with van der Waals surface area (Å²) in [6.07, 6.45) is 1.39. The molecule has 1 aromatic carbocycles. The van der Waals surface area contributed by atoms with Gasteiger partial charge >= 0.3 is 6.09 Å². The number of carbonyl (C=O) groups excluding carboxylic acids is 1. The number of amides is 1. The summed E-state index contributed by atoms with van der Waals surface area (Å²) < 4.78 is 22.8. The first-order valence-corrected chi connectivity index (χ1v) is 16.4. The number of hydrogen-bond donors (Lipinski definition) is 0. The lowest BCUT2D eigenvalue weighted by Gasteiger charge is -2.51. The topological polar surface area (TPSA) is 83.8 Å². The van der Waals surface area contributed by atoms with Crippen molar-refractivity contribution in [1.82, 2.24) is 19.4 Å². The molecule has 1 fully saturated rings. The van der Waals surface area contributed by atoms with E-state index in [1.807, 2.05) is 85.5 Å². The van der Waals surface area contributed by atoms with Gasteiger partial charge in [0.1, 0.15) is 22.8 Å². The number of nitrogens with zero attached hydrogens (tertiary/aromatic N) is 6. The molecule has 6 rings (SSSR count). The summed E-state index contributed by atoms with van der Waals surface area (Å²) >= 11 is 7.01. The first kappa shape index (κ1) is 32.7. The van der Waals surface area contributed by atoms with Gasteiger partial charge in [-0.15, -0.1) is 0 Å². The van der Waals surface area contributed by atoms with Crippen LogP contribution >= 0.6 is 11.6 Å². The number of fused-ring (bicyclic) bond motifs is 5. The average Bonchev–Trinajstić information content (AvgIpc) is 2.97. The molecule has 9 nitrogen and oxygen atoms in total. The fourth-order valence-corrected chi connectivity index (χ4v) is 7.19. The predicted octanol–water partition coefficient (Wildman–Crippen LogP) is 7.24. The Kier molecular flexibility index (Phi) is 8.23. The minimum Gasteiger partial charge on any atom is -0.444 e. The van der Waals surface area contributed by atoms with Gasteiger partial charge in [-0.2, -0.15) is 0 Å². The maximum absolute atomic E-state index is 15.4. The van der Waals surface area contributed by atoms with Gasteiger partial charge in [-0.3, -0.25) is 14.3 Å². The van der Waals surface area contributed by atoms with Gasteiger partial charge in [0.25, 0.3) is 5.56 Å². The van der Waals surface area contributed by atoms with Crippen molar-refractivity contribution in [2.45, 2.75) is 79.0 Å². The van der Waals surface area contributed by atoms with Crippen molar-refractivity contribution >= 4 is 40.1 Å². The molecule has 1 saturated heterocycles. The van der Waals surface area contributed by atoms with Crippen molar-refractivity contribution in [1.29, 1.82) is 0 Å². The zero-order valence-corrected chi connectivity index (χ0v) is 29.2. The number of rotatable bonds is 3. The number of carbonyl (C=O) groups is 1. The number of halogens is 2. The third-order valence-electron chi connectivity index (χ3n) is 9.06. The molecule has 0 aliphatic carbocycles. The van der Waals surface area contributed by atoms with Gasteiger partial charge < -0.3 is 19.4 Å². The van der Waals surface area contributed by atoms with Gasteiger partial charge in [-0.25, -0.2) is 14.2 Å². The van der Waals surface area contributed by atoms with Crippen LogP contribution in [0.2, 0.25) is 5.02 Å². The number of pyridine rings is 3. The largest absolute Gasteiger partial charge is 0.444 e. The van der Waals surface area contributed by atoms with Crippen LogP contribution in [-0.4, -0.2) is 69.9 Å². The van der Waals surface area contributed by atoms with Crippen molar-refractivity contribution < 1.29 is 13.9 Å². The summed E-state index contributed by atoms with van der Waals surface area (Å²) in [6.45, 7) is 16.8. The Bertz CT molecular complexity index is 1950. The Morgan fingerprint density at radius 2 is 1.79 bits per heavy atom. The molecule has 0 spiro atoms. The van der Waals surface area contributed by atoms with Crippen LogP contribution in [0.3, 0.4) is 0 Å². The summed E-state index contributed by atoms with van der Waals surface area (Å²) in [5.41, 5.74) is 4.21. The summed E-state index contributed by atoms with van der Waals surface area (Å²) in [7, 11) is 1.90. The normalized spacial score (nSPS) is 18.1. The Morgan fingerprint density at radius 1 is 1.06 bits per heavy atom. The second-order valence-corrected chi connectivity index (χ2v) is 14.6. The van der Waals surface area contributed by atoms with E-state index in [9.17, 15) is 9.59 Å². The molecule has 0 saturated carbocycles. The van der Waals surface area contributed by atoms with E-state index in [0.717, 1.165) is 11.3 Å². The van der Waals surface area contributed by atoms with Crippen LogP contribution in [0, 0.1) is 19.7 Å². The van der Waals surface area contributed by atoms with E-state index in [-0.39, 0.29) is 45.9 Å². The van der Waals surface area contributed by atoms with E-state index in [2.05, 4.69) is 4.90 Å². The highest BCUT2D eigenvalue weighted by Crippen LogP contribution is 2.44. The summed E-state index contributed by atoms with van der Waals surface area (Å²) in [6, 6.07) is 8.21. The Labute approximate surface area is 279 Å². The van der Waals surface area contributed by atoms with E-state index in [0.29, 0.717) is 53.3 Å². The second-order valence-electron chi connectivity index (χ2n) is 14.1. The third kappa shape index (κ3) is 5.60. The van der Waals surface area contributed by atoms with Gasteiger partial charge in [-0.05, 0) is 76.8 Å². The number of benzene rings is 1. The maximum Gasteiger partial charge on any atom is 0.410 e. The lowest BCUT2D eigenvalue weighted by Crippen LogP contribution is -2.64. The molecule has 4 aromatic rings. The molecule has 0 N–H and O–H groups in total. The Morgan fingerprint density at radius 3 is 2.45 bits per heavy atom. The number of likely N-dealkylation sites (N-methyl/N-ethyl adjacent to an activating group) is 1. The van der Waals surface area contributed by atoms with Gasteiger partial charge in [0, 0.05) is 49.9 Å². The molecule has 47 heavy (non-hydrogen) atoms. The van der Waals surface area contributed by atoms with Crippen LogP contribution in [0.25, 0.3) is 28.0 Å². The molecule has 3 aromatic heterocycles. The van der Waals surface area contributed by atoms with E-state index in [1.165, 1.54) is 6.07 Å². The minimum absolute atomic E-state index is 0.00681. The highest BCUT2D eigenvalue weighted by Gasteiger charge is 2.43. The zero-order chi connectivity index (χ0) is 34.1. The molecule has 2 aliphatic heterocycles. The molecule has 1 amide bonds. The van der Waals surface area contributed by atoms with Crippen LogP contribution in [-0.2, 0) is 4.74 Å². The van der Waals surface area contributed by atoms with Gasteiger partial charge in [0.2, 0.25) is 0 Å². The van der Waals surface area contributed by atoms with E-state index in [4.69, 9.17) is 26.3 Å². The van der Waals surface area contributed by atoms with Crippen molar-refractivity contribution in [3.63, 3.8) is 0 Å². The summed E-state index contributed by atoms with van der Waals surface area (Å²) in [4.78, 5) is 43.9. The van der Waals surface area contributed by atoms with E-state index >= 15 is 4.39 Å². The highest BCUT2D eigenvalue weighted by atomic mass is 35.5. The quantitative estimate of drug-likeness (QED) is 0.229. The lowest BCUT2D eigenvalue weighted by atomic mass is 9.98. The smallest absolute Gasteiger partial charge is 0.410 e. The molecule has 0 radical (unpaired) electrons. The van der Waals surface area contributed by atoms with Crippen molar-refractivity contribution in [2.24, 2.45) is 0 Å². The first-order chi connectivity index (χ1) is 22.1. The summed E-state index contributed by atoms with van der Waals surface area (Å²) in [5, 5.41) is 0.935. The lowest BCUT2D eigenvalue weighted by molar-refractivity contribution is 0.0125. The SMILES string of the molecule is Cc1cccc(F)c1-c1nc2c(cc1Cl)c1c(c(=O)n2-c2c(C)ccnc2C(C)C)N(C)C[C@H]2CN(C(=O)OC(C)(C)C)[C@H](C)CN12. The standard InChI is InChI=1S/C36H42ClFN6O3/c1-19(2)28-30(21(4)13-14-39-28)44-33-24(15-25(37)29(40-33)27-20(3)11-10-12-26(27)38)31-32(34(44)45)41(9)17-23-18-42(22(5)16-43(23)31)35(46)47-36(6,7)8/h10-15,19,22-23H,16-18H2,1-9H3/t22-,23+/m1/s1. The molecule has 2 atom stereocenters. The monoisotopic (exact) mass is 660 g/mol. The molecule has 11 heteroatoms. The predicted molar refractivity (Wildman–Crippen MR) is 186 cm³/mol. The van der Waals surface area contributed by atoms with Gasteiger partial charge in [0.15, 0.2) is 0 Å².